The Kier molecular flexibility index (Phi) is 5.15. The van der Waals surface area contributed by atoms with Crippen LogP contribution < -0.4 is 5.32 Å². The van der Waals surface area contributed by atoms with E-state index in [0.717, 1.165) is 83.6 Å². The minimum absolute atomic E-state index is 0.000409. The van der Waals surface area contributed by atoms with E-state index in [0.29, 0.717) is 12.5 Å². The number of benzene rings is 1. The Balaban J connectivity index is 1.62. The van der Waals surface area contributed by atoms with Crippen molar-refractivity contribution in [3.8, 4) is 22.4 Å². The van der Waals surface area contributed by atoms with Gasteiger partial charge in [0, 0.05) is 79.1 Å². The molecule has 0 unspecified atom stereocenters. The van der Waals surface area contributed by atoms with E-state index >= 15 is 0 Å². The van der Waals surface area contributed by atoms with Crippen molar-refractivity contribution in [3.05, 3.63) is 72.3 Å². The van der Waals surface area contributed by atoms with Gasteiger partial charge in [0.15, 0.2) is 0 Å². The molecule has 0 radical (unpaired) electrons. The van der Waals surface area contributed by atoms with Gasteiger partial charge in [-0.3, -0.25) is 14.8 Å². The lowest BCUT2D eigenvalue weighted by Gasteiger charge is -2.26. The van der Waals surface area contributed by atoms with Crippen LogP contribution in [0.5, 0.6) is 0 Å². The van der Waals surface area contributed by atoms with Crippen LogP contribution in [-0.4, -0.2) is 40.2 Å². The molecule has 0 spiro atoms. The predicted octanol–water partition coefficient (Wildman–Crippen LogP) is 4.48. The summed E-state index contributed by atoms with van der Waals surface area (Å²) in [6.07, 6.45) is 8.46. The summed E-state index contributed by atoms with van der Waals surface area (Å²) >= 11 is 0. The second-order valence-electron chi connectivity index (χ2n) is 8.87. The lowest BCUT2D eigenvalue weighted by molar-refractivity contribution is 0.0611. The number of nitrogens with one attached hydrogen (secondary N) is 1. The third-order valence-corrected chi connectivity index (χ3v) is 6.86. The number of para-hydroxylation sites is 1. The summed E-state index contributed by atoms with van der Waals surface area (Å²) in [5.41, 5.74) is 6.97. The average molecular weight is 439 g/mol. The molecule has 6 rings (SSSR count). The Morgan fingerprint density at radius 2 is 1.85 bits per heavy atom. The van der Waals surface area contributed by atoms with Crippen LogP contribution >= 0.6 is 0 Å². The normalized spacial score (nSPS) is 16.5. The second-order valence-corrected chi connectivity index (χ2v) is 8.87. The summed E-state index contributed by atoms with van der Waals surface area (Å²) < 4.78 is 8.01. The van der Waals surface area contributed by atoms with E-state index in [-0.39, 0.29) is 5.91 Å². The van der Waals surface area contributed by atoms with Gasteiger partial charge in [-0.2, -0.15) is 0 Å². The van der Waals surface area contributed by atoms with Crippen molar-refractivity contribution in [2.24, 2.45) is 5.92 Å². The van der Waals surface area contributed by atoms with Gasteiger partial charge in [0.1, 0.15) is 0 Å². The van der Waals surface area contributed by atoms with E-state index in [1.54, 1.807) is 0 Å². The van der Waals surface area contributed by atoms with Gasteiger partial charge >= 0.3 is 0 Å². The van der Waals surface area contributed by atoms with Gasteiger partial charge in [0.2, 0.25) is 0 Å². The molecule has 33 heavy (non-hydrogen) atoms. The fourth-order valence-corrected chi connectivity index (χ4v) is 5.24. The minimum Gasteiger partial charge on any atom is -0.381 e. The van der Waals surface area contributed by atoms with E-state index in [9.17, 15) is 4.79 Å². The first-order valence-electron chi connectivity index (χ1n) is 11.7. The quantitative estimate of drug-likeness (QED) is 0.510. The van der Waals surface area contributed by atoms with Crippen molar-refractivity contribution < 1.29 is 9.53 Å². The molecular formula is C27H26N4O2. The van der Waals surface area contributed by atoms with Crippen molar-refractivity contribution in [2.75, 3.05) is 19.8 Å². The molecule has 2 aliphatic rings. The highest BCUT2D eigenvalue weighted by Gasteiger charge is 2.32. The highest BCUT2D eigenvalue weighted by atomic mass is 16.5. The zero-order valence-corrected chi connectivity index (χ0v) is 18.5. The lowest BCUT2D eigenvalue weighted by atomic mass is 9.95. The summed E-state index contributed by atoms with van der Waals surface area (Å²) in [7, 11) is 0. The first-order valence-corrected chi connectivity index (χ1v) is 11.7. The molecule has 1 aromatic carbocycles. The molecule has 6 heteroatoms. The van der Waals surface area contributed by atoms with Crippen LogP contribution in [0, 0.1) is 5.92 Å². The Hall–Kier alpha value is -3.51. The number of carbonyl (C=O) groups is 1. The molecule has 0 atom stereocenters. The second kappa shape index (κ2) is 8.45. The zero-order valence-electron chi connectivity index (χ0n) is 18.5. The van der Waals surface area contributed by atoms with Crippen LogP contribution in [0.25, 0.3) is 33.3 Å². The summed E-state index contributed by atoms with van der Waals surface area (Å²) in [6, 6.07) is 14.3. The van der Waals surface area contributed by atoms with E-state index in [2.05, 4.69) is 27.0 Å². The van der Waals surface area contributed by atoms with Gasteiger partial charge in [-0.1, -0.05) is 18.2 Å². The Bertz CT molecular complexity index is 1320. The molecule has 0 bridgehead atoms. The van der Waals surface area contributed by atoms with E-state index < -0.39 is 0 Å². The predicted molar refractivity (Wildman–Crippen MR) is 128 cm³/mol. The summed E-state index contributed by atoms with van der Waals surface area (Å²) in [6.45, 7) is 3.16. The fourth-order valence-electron chi connectivity index (χ4n) is 5.24. The van der Waals surface area contributed by atoms with Gasteiger partial charge in [0.05, 0.1) is 16.8 Å². The van der Waals surface area contributed by atoms with Gasteiger partial charge in [0.25, 0.3) is 5.91 Å². The summed E-state index contributed by atoms with van der Waals surface area (Å²) in [5.74, 6) is 0.531. The third-order valence-electron chi connectivity index (χ3n) is 6.86. The molecule has 1 N–H and O–H groups in total. The number of pyridine rings is 2. The molecule has 1 saturated heterocycles. The number of fused-ring (bicyclic) bond motifs is 2. The number of nitrogens with zero attached hydrogens (tertiary/aromatic N) is 3. The Morgan fingerprint density at radius 3 is 2.70 bits per heavy atom. The van der Waals surface area contributed by atoms with Crippen LogP contribution in [0.3, 0.4) is 0 Å². The molecule has 0 saturated carbocycles. The molecule has 6 nitrogen and oxygen atoms in total. The topological polar surface area (TPSA) is 69.0 Å². The van der Waals surface area contributed by atoms with Crippen molar-refractivity contribution in [2.45, 2.75) is 25.8 Å². The molecule has 1 fully saturated rings. The molecule has 2 aliphatic heterocycles. The maximum Gasteiger partial charge on any atom is 0.253 e. The van der Waals surface area contributed by atoms with Gasteiger partial charge in [-0.05, 0) is 43.0 Å². The number of ether oxygens (including phenoxy) is 1. The summed E-state index contributed by atoms with van der Waals surface area (Å²) in [5, 5.41) is 4.14. The molecular weight excluding hydrogens is 412 g/mol. The minimum atomic E-state index is 0.000409. The highest BCUT2D eigenvalue weighted by Crippen LogP contribution is 2.41. The van der Waals surface area contributed by atoms with Crippen LogP contribution in [0.2, 0.25) is 0 Å². The third kappa shape index (κ3) is 3.60. The van der Waals surface area contributed by atoms with Crippen LogP contribution in [0.4, 0.5) is 0 Å². The van der Waals surface area contributed by atoms with E-state index in [1.807, 2.05) is 48.9 Å². The molecule has 1 amide bonds. The van der Waals surface area contributed by atoms with Crippen molar-refractivity contribution >= 4 is 16.8 Å². The first kappa shape index (κ1) is 20.1. The monoisotopic (exact) mass is 438 g/mol. The zero-order chi connectivity index (χ0) is 22.2. The number of carbonyl (C=O) groups excluding carboxylic acids is 1. The number of amides is 1. The van der Waals surface area contributed by atoms with Gasteiger partial charge < -0.3 is 14.6 Å². The summed E-state index contributed by atoms with van der Waals surface area (Å²) in [4.78, 5) is 22.2. The smallest absolute Gasteiger partial charge is 0.253 e. The van der Waals surface area contributed by atoms with Gasteiger partial charge in [-0.15, -0.1) is 0 Å². The molecule has 5 heterocycles. The van der Waals surface area contributed by atoms with Crippen molar-refractivity contribution in [3.63, 3.8) is 0 Å². The largest absolute Gasteiger partial charge is 0.381 e. The van der Waals surface area contributed by atoms with Gasteiger partial charge in [-0.25, -0.2) is 0 Å². The van der Waals surface area contributed by atoms with Crippen molar-refractivity contribution in [1.29, 1.82) is 0 Å². The molecule has 3 aromatic heterocycles. The SMILES string of the molecule is O=C1NCCc2c1c(-c1cnc3ccccc3c1)c(-c1ccncc1)n2CC1CCOCC1. The van der Waals surface area contributed by atoms with Crippen LogP contribution in [-0.2, 0) is 17.7 Å². The van der Waals surface area contributed by atoms with Crippen molar-refractivity contribution in [1.82, 2.24) is 19.9 Å². The Labute approximate surface area is 192 Å². The molecule has 0 aliphatic carbocycles. The number of aromatic nitrogens is 3. The van der Waals surface area contributed by atoms with E-state index in [4.69, 9.17) is 9.72 Å². The maximum atomic E-state index is 13.3. The number of rotatable bonds is 4. The maximum absolute atomic E-state index is 13.3. The van der Waals surface area contributed by atoms with Crippen LogP contribution in [0.1, 0.15) is 28.9 Å². The lowest BCUT2D eigenvalue weighted by Crippen LogP contribution is -2.33. The molecule has 166 valence electrons. The standard InChI is InChI=1S/C27H26N4O2/c32-27-25-23(7-12-29-27)31(17-18-8-13-33-14-9-18)26(19-5-10-28-11-6-19)24(25)21-15-20-3-1-2-4-22(20)30-16-21/h1-6,10-11,15-16,18H,7-9,12-14,17H2,(H,29,32). The number of hydrogen-bond acceptors (Lipinski definition) is 4. The van der Waals surface area contributed by atoms with E-state index in [1.165, 1.54) is 0 Å². The molecule has 4 aromatic rings. The highest BCUT2D eigenvalue weighted by molar-refractivity contribution is 6.07. The fraction of sp³-hybridized carbons (Fsp3) is 0.296. The van der Waals surface area contributed by atoms with Crippen LogP contribution in [0.15, 0.2) is 61.1 Å². The number of hydrogen-bond donors (Lipinski definition) is 1. The first-order chi connectivity index (χ1) is 16.3. The average Bonchev–Trinajstić information content (AvgIpc) is 3.20. The Morgan fingerprint density at radius 1 is 1.03 bits per heavy atom.